The predicted molar refractivity (Wildman–Crippen MR) is 91.2 cm³/mol. The van der Waals surface area contributed by atoms with Crippen molar-refractivity contribution in [3.63, 3.8) is 0 Å². The minimum absolute atomic E-state index is 0.244. The minimum atomic E-state index is -0.655. The summed E-state index contributed by atoms with van der Waals surface area (Å²) in [6.45, 7) is 2.00. The fraction of sp³-hybridized carbons (Fsp3) is 0.222. The van der Waals surface area contributed by atoms with E-state index >= 15 is 0 Å². The molecular formula is C18H18ClNO4. The summed E-state index contributed by atoms with van der Waals surface area (Å²) >= 11 is 5.88. The van der Waals surface area contributed by atoms with Crippen LogP contribution in [0, 0.1) is 0 Å². The summed E-state index contributed by atoms with van der Waals surface area (Å²) in [6, 6.07) is 13.7. The van der Waals surface area contributed by atoms with Crippen molar-refractivity contribution in [2.24, 2.45) is 0 Å². The summed E-state index contributed by atoms with van der Waals surface area (Å²) in [5.74, 6) is -0.103. The number of rotatable bonds is 6. The van der Waals surface area contributed by atoms with Gasteiger partial charge in [-0.25, -0.2) is 4.79 Å². The number of benzene rings is 2. The van der Waals surface area contributed by atoms with Gasteiger partial charge < -0.3 is 14.8 Å². The van der Waals surface area contributed by atoms with Crippen molar-refractivity contribution in [3.05, 3.63) is 64.7 Å². The lowest BCUT2D eigenvalue weighted by Gasteiger charge is -2.15. The molecule has 0 aliphatic carbocycles. The standard InChI is InChI=1S/C18H18ClNO4/c1-12(24-16-5-3-4-15(19)10-16)17(21)20-11-13-6-8-14(9-7-13)18(22)23-2/h3-10,12H,11H2,1-2H3,(H,20,21). The number of carbonyl (C=O) groups is 2. The van der Waals surface area contributed by atoms with E-state index < -0.39 is 12.1 Å². The third kappa shape index (κ3) is 4.99. The number of nitrogens with one attached hydrogen (secondary N) is 1. The van der Waals surface area contributed by atoms with E-state index in [1.165, 1.54) is 7.11 Å². The molecule has 0 saturated heterocycles. The summed E-state index contributed by atoms with van der Waals surface area (Å²) in [6.07, 6.45) is -0.655. The number of amides is 1. The second-order valence-electron chi connectivity index (χ2n) is 5.12. The number of esters is 1. The predicted octanol–water partition coefficient (Wildman–Crippen LogP) is 3.21. The largest absolute Gasteiger partial charge is 0.481 e. The van der Waals surface area contributed by atoms with Gasteiger partial charge in [-0.3, -0.25) is 4.79 Å². The van der Waals surface area contributed by atoms with Crippen LogP contribution in [0.4, 0.5) is 0 Å². The highest BCUT2D eigenvalue weighted by atomic mass is 35.5. The van der Waals surface area contributed by atoms with Crippen LogP contribution in [-0.4, -0.2) is 25.1 Å². The topological polar surface area (TPSA) is 64.6 Å². The van der Waals surface area contributed by atoms with Crippen LogP contribution in [0.25, 0.3) is 0 Å². The van der Waals surface area contributed by atoms with Gasteiger partial charge in [0.1, 0.15) is 5.75 Å². The second-order valence-corrected chi connectivity index (χ2v) is 5.56. The Morgan fingerprint density at radius 2 is 1.88 bits per heavy atom. The van der Waals surface area contributed by atoms with Crippen LogP contribution in [-0.2, 0) is 16.1 Å². The van der Waals surface area contributed by atoms with Gasteiger partial charge in [0.2, 0.25) is 0 Å². The Labute approximate surface area is 145 Å². The van der Waals surface area contributed by atoms with E-state index in [-0.39, 0.29) is 5.91 Å². The number of halogens is 1. The van der Waals surface area contributed by atoms with Crippen molar-refractivity contribution in [1.29, 1.82) is 0 Å². The first-order valence-corrected chi connectivity index (χ1v) is 7.74. The Balaban J connectivity index is 1.87. The maximum atomic E-state index is 12.1. The van der Waals surface area contributed by atoms with Crippen molar-refractivity contribution in [1.82, 2.24) is 5.32 Å². The van der Waals surface area contributed by atoms with Crippen molar-refractivity contribution in [2.75, 3.05) is 7.11 Å². The molecule has 1 unspecified atom stereocenters. The molecule has 1 N–H and O–H groups in total. The molecule has 2 aromatic carbocycles. The van der Waals surface area contributed by atoms with E-state index in [1.807, 2.05) is 0 Å². The van der Waals surface area contributed by atoms with Crippen LogP contribution >= 0.6 is 11.6 Å². The maximum absolute atomic E-state index is 12.1. The Morgan fingerprint density at radius 3 is 2.50 bits per heavy atom. The van der Waals surface area contributed by atoms with Crippen LogP contribution in [0.2, 0.25) is 5.02 Å². The summed E-state index contributed by atoms with van der Waals surface area (Å²) < 4.78 is 10.2. The molecule has 0 fully saturated rings. The monoisotopic (exact) mass is 347 g/mol. The van der Waals surface area contributed by atoms with Crippen LogP contribution in [0.3, 0.4) is 0 Å². The average Bonchev–Trinajstić information content (AvgIpc) is 2.59. The van der Waals surface area contributed by atoms with E-state index in [0.717, 1.165) is 5.56 Å². The first-order valence-electron chi connectivity index (χ1n) is 7.37. The molecule has 0 aliphatic heterocycles. The van der Waals surface area contributed by atoms with Gasteiger partial charge in [-0.05, 0) is 42.8 Å². The highest BCUT2D eigenvalue weighted by Gasteiger charge is 2.14. The zero-order chi connectivity index (χ0) is 17.5. The van der Waals surface area contributed by atoms with Crippen molar-refractivity contribution in [2.45, 2.75) is 19.6 Å². The molecule has 0 aliphatic rings. The second kappa shape index (κ2) is 8.36. The third-order valence-electron chi connectivity index (χ3n) is 3.32. The normalized spacial score (nSPS) is 11.5. The quantitative estimate of drug-likeness (QED) is 0.815. The highest BCUT2D eigenvalue weighted by Crippen LogP contribution is 2.18. The van der Waals surface area contributed by atoms with Crippen molar-refractivity contribution >= 4 is 23.5 Å². The van der Waals surface area contributed by atoms with Gasteiger partial charge in [0, 0.05) is 11.6 Å². The lowest BCUT2D eigenvalue weighted by atomic mass is 10.1. The molecule has 0 heterocycles. The first-order chi connectivity index (χ1) is 11.5. The number of hydrogen-bond donors (Lipinski definition) is 1. The first kappa shape index (κ1) is 17.8. The third-order valence-corrected chi connectivity index (χ3v) is 3.56. The number of ether oxygens (including phenoxy) is 2. The molecule has 1 atom stereocenters. The molecule has 0 saturated carbocycles. The lowest BCUT2D eigenvalue weighted by molar-refractivity contribution is -0.127. The molecule has 2 rings (SSSR count). The summed E-state index contributed by atoms with van der Waals surface area (Å²) in [5, 5.41) is 3.33. The van der Waals surface area contributed by atoms with Gasteiger partial charge in [0.15, 0.2) is 6.10 Å². The van der Waals surface area contributed by atoms with Crippen molar-refractivity contribution in [3.8, 4) is 5.75 Å². The number of methoxy groups -OCH3 is 1. The minimum Gasteiger partial charge on any atom is -0.481 e. The summed E-state index contributed by atoms with van der Waals surface area (Å²) in [5.41, 5.74) is 1.33. The molecule has 0 spiro atoms. The van der Waals surface area contributed by atoms with Crippen LogP contribution in [0.15, 0.2) is 48.5 Å². The van der Waals surface area contributed by atoms with Gasteiger partial charge in [-0.2, -0.15) is 0 Å². The fourth-order valence-corrected chi connectivity index (χ4v) is 2.19. The number of hydrogen-bond acceptors (Lipinski definition) is 4. The highest BCUT2D eigenvalue weighted by molar-refractivity contribution is 6.30. The zero-order valence-corrected chi connectivity index (χ0v) is 14.2. The van der Waals surface area contributed by atoms with E-state index in [9.17, 15) is 9.59 Å². The lowest BCUT2D eigenvalue weighted by Crippen LogP contribution is -2.35. The van der Waals surface area contributed by atoms with E-state index in [1.54, 1.807) is 55.5 Å². The summed E-state index contributed by atoms with van der Waals surface area (Å²) in [7, 11) is 1.33. The van der Waals surface area contributed by atoms with Gasteiger partial charge in [0.05, 0.1) is 12.7 Å². The molecule has 0 bridgehead atoms. The van der Waals surface area contributed by atoms with Crippen LogP contribution in [0.5, 0.6) is 5.75 Å². The van der Waals surface area contributed by atoms with E-state index in [0.29, 0.717) is 22.9 Å². The van der Waals surface area contributed by atoms with Gasteiger partial charge in [-0.15, -0.1) is 0 Å². The molecule has 126 valence electrons. The molecular weight excluding hydrogens is 330 g/mol. The summed E-state index contributed by atoms with van der Waals surface area (Å²) in [4.78, 5) is 23.4. The molecule has 0 aromatic heterocycles. The zero-order valence-electron chi connectivity index (χ0n) is 13.4. The molecule has 6 heteroatoms. The Morgan fingerprint density at radius 1 is 1.17 bits per heavy atom. The molecule has 2 aromatic rings. The van der Waals surface area contributed by atoms with E-state index in [2.05, 4.69) is 10.1 Å². The molecule has 1 amide bonds. The Kier molecular flexibility index (Phi) is 6.21. The van der Waals surface area contributed by atoms with Gasteiger partial charge >= 0.3 is 5.97 Å². The van der Waals surface area contributed by atoms with Crippen LogP contribution < -0.4 is 10.1 Å². The fourth-order valence-electron chi connectivity index (χ4n) is 2.01. The molecule has 5 nitrogen and oxygen atoms in total. The maximum Gasteiger partial charge on any atom is 0.337 e. The van der Waals surface area contributed by atoms with Crippen LogP contribution in [0.1, 0.15) is 22.8 Å². The SMILES string of the molecule is COC(=O)c1ccc(CNC(=O)C(C)Oc2cccc(Cl)c2)cc1. The Hall–Kier alpha value is -2.53. The average molecular weight is 348 g/mol. The van der Waals surface area contributed by atoms with Crippen molar-refractivity contribution < 1.29 is 19.1 Å². The van der Waals surface area contributed by atoms with Gasteiger partial charge in [-0.1, -0.05) is 29.8 Å². The van der Waals surface area contributed by atoms with E-state index in [4.69, 9.17) is 16.3 Å². The molecule has 24 heavy (non-hydrogen) atoms. The Bertz CT molecular complexity index is 715. The number of carbonyl (C=O) groups excluding carboxylic acids is 2. The van der Waals surface area contributed by atoms with Gasteiger partial charge in [0.25, 0.3) is 5.91 Å². The smallest absolute Gasteiger partial charge is 0.337 e. The molecule has 0 radical (unpaired) electrons.